The van der Waals surface area contributed by atoms with Crippen LogP contribution in [0.3, 0.4) is 0 Å². The zero-order valence-electron chi connectivity index (χ0n) is 11.8. The molecule has 5 heteroatoms. The Labute approximate surface area is 118 Å². The molecule has 0 fully saturated rings. The van der Waals surface area contributed by atoms with Gasteiger partial charge in [-0.1, -0.05) is 18.7 Å². The van der Waals surface area contributed by atoms with E-state index >= 15 is 0 Å². The molecular formula is C15H18O5. The van der Waals surface area contributed by atoms with Gasteiger partial charge in [0.25, 0.3) is 0 Å². The van der Waals surface area contributed by atoms with Crippen molar-refractivity contribution >= 4 is 11.8 Å². The van der Waals surface area contributed by atoms with E-state index in [0.717, 1.165) is 5.57 Å². The molecule has 0 spiro atoms. The van der Waals surface area contributed by atoms with Crippen LogP contribution in [0.15, 0.2) is 48.1 Å². The molecule has 0 saturated heterocycles. The molecule has 1 atom stereocenters. The summed E-state index contributed by atoms with van der Waals surface area (Å²) >= 11 is 0. The predicted molar refractivity (Wildman–Crippen MR) is 73.9 cm³/mol. The lowest BCUT2D eigenvalue weighted by molar-refractivity contribution is -0.152. The molecule has 0 N–H and O–H groups in total. The number of carbonyl (C=O) groups is 2. The van der Waals surface area contributed by atoms with Crippen molar-refractivity contribution in [3.63, 3.8) is 0 Å². The number of ether oxygens (including phenoxy) is 3. The first-order valence-electron chi connectivity index (χ1n) is 6.00. The zero-order chi connectivity index (χ0) is 15.2. The highest BCUT2D eigenvalue weighted by Crippen LogP contribution is 2.24. The Morgan fingerprint density at radius 2 is 2.15 bits per heavy atom. The lowest BCUT2D eigenvalue weighted by Gasteiger charge is -2.28. The minimum Gasteiger partial charge on any atom is -0.465 e. The second-order valence-electron chi connectivity index (χ2n) is 4.21. The van der Waals surface area contributed by atoms with Gasteiger partial charge in [0, 0.05) is 7.11 Å². The van der Waals surface area contributed by atoms with Crippen LogP contribution in [0.5, 0.6) is 0 Å². The Morgan fingerprint density at radius 3 is 2.70 bits per heavy atom. The Kier molecular flexibility index (Phi) is 5.61. The molecule has 0 heterocycles. The minimum absolute atomic E-state index is 0.109. The highest BCUT2D eigenvalue weighted by atomic mass is 16.7. The largest absolute Gasteiger partial charge is 0.465 e. The van der Waals surface area contributed by atoms with Gasteiger partial charge in [0.1, 0.15) is 5.57 Å². The fourth-order valence-electron chi connectivity index (χ4n) is 1.62. The van der Waals surface area contributed by atoms with Crippen LogP contribution in [-0.2, 0) is 23.8 Å². The third-order valence-electron chi connectivity index (χ3n) is 2.73. The Hall–Kier alpha value is -1.98. The fourth-order valence-corrected chi connectivity index (χ4v) is 1.62. The van der Waals surface area contributed by atoms with Crippen molar-refractivity contribution in [2.45, 2.75) is 12.7 Å². The molecule has 1 aliphatic carbocycles. The Morgan fingerprint density at radius 1 is 1.45 bits per heavy atom. The molecule has 0 aliphatic heterocycles. The van der Waals surface area contributed by atoms with Crippen molar-refractivity contribution in [3.8, 4) is 0 Å². The smallest absolute Gasteiger partial charge is 0.341 e. The van der Waals surface area contributed by atoms with Gasteiger partial charge in [-0.2, -0.15) is 0 Å². The maximum Gasteiger partial charge on any atom is 0.341 e. The maximum atomic E-state index is 11.6. The van der Waals surface area contributed by atoms with Gasteiger partial charge in [-0.05, 0) is 30.7 Å². The Balaban J connectivity index is 2.98. The summed E-state index contributed by atoms with van der Waals surface area (Å²) in [5.41, 5.74) is 0.817. The molecule has 0 aromatic carbocycles. The van der Waals surface area contributed by atoms with Crippen molar-refractivity contribution < 1.29 is 23.8 Å². The van der Waals surface area contributed by atoms with E-state index in [0.29, 0.717) is 0 Å². The summed E-state index contributed by atoms with van der Waals surface area (Å²) in [5.74, 6) is -2.41. The number of ketones is 1. The molecule has 0 radical (unpaired) electrons. The van der Waals surface area contributed by atoms with Gasteiger partial charge in [-0.15, -0.1) is 0 Å². The van der Waals surface area contributed by atoms with E-state index < -0.39 is 17.5 Å². The third-order valence-corrected chi connectivity index (χ3v) is 2.73. The van der Waals surface area contributed by atoms with Crippen LogP contribution in [0.2, 0.25) is 0 Å². The molecule has 108 valence electrons. The monoisotopic (exact) mass is 278 g/mol. The number of carbonyl (C=O) groups excluding carboxylic acids is 2. The van der Waals surface area contributed by atoms with Crippen molar-refractivity contribution in [2.75, 3.05) is 20.8 Å². The summed E-state index contributed by atoms with van der Waals surface area (Å²) in [6, 6.07) is 0. The highest BCUT2D eigenvalue weighted by molar-refractivity contribution is 6.22. The van der Waals surface area contributed by atoms with Crippen molar-refractivity contribution in [1.82, 2.24) is 0 Å². The van der Waals surface area contributed by atoms with Crippen molar-refractivity contribution in [2.24, 2.45) is 0 Å². The molecule has 0 amide bonds. The molecule has 1 aliphatic rings. The van der Waals surface area contributed by atoms with Gasteiger partial charge >= 0.3 is 5.97 Å². The van der Waals surface area contributed by atoms with E-state index in [1.54, 1.807) is 12.2 Å². The van der Waals surface area contributed by atoms with Gasteiger partial charge in [-0.3, -0.25) is 4.79 Å². The van der Waals surface area contributed by atoms with E-state index in [2.05, 4.69) is 11.3 Å². The second-order valence-corrected chi connectivity index (χ2v) is 4.21. The average molecular weight is 278 g/mol. The molecule has 0 bridgehead atoms. The number of hydrogen-bond donors (Lipinski definition) is 0. The van der Waals surface area contributed by atoms with Crippen LogP contribution in [0, 0.1) is 0 Å². The summed E-state index contributed by atoms with van der Waals surface area (Å²) < 4.78 is 15.5. The van der Waals surface area contributed by atoms with Crippen LogP contribution in [0.25, 0.3) is 0 Å². The van der Waals surface area contributed by atoms with E-state index in [4.69, 9.17) is 9.47 Å². The number of allylic oxidation sites excluding steroid dienone is 3. The van der Waals surface area contributed by atoms with E-state index in [1.807, 2.05) is 6.92 Å². The van der Waals surface area contributed by atoms with E-state index in [1.165, 1.54) is 32.4 Å². The standard InChI is InChI=1S/C15H18O5/c1-5-6-11(2)10-20-15(19-4)8-7-13(16)12(9-15)14(17)18-3/h5-9H,1,10H2,2-4H3/b11-6+. The van der Waals surface area contributed by atoms with Gasteiger partial charge < -0.3 is 14.2 Å². The quantitative estimate of drug-likeness (QED) is 0.320. The SMILES string of the molecule is C=C/C=C(\C)COC1(OC)C=CC(=O)C(C(=O)OC)=C1. The van der Waals surface area contributed by atoms with Crippen molar-refractivity contribution in [3.05, 3.63) is 48.1 Å². The highest BCUT2D eigenvalue weighted by Gasteiger charge is 2.33. The lowest BCUT2D eigenvalue weighted by atomic mass is 10.0. The topological polar surface area (TPSA) is 61.8 Å². The Bertz CT molecular complexity index is 498. The maximum absolute atomic E-state index is 11.6. The molecule has 1 rings (SSSR count). The van der Waals surface area contributed by atoms with Crippen molar-refractivity contribution in [1.29, 1.82) is 0 Å². The third kappa shape index (κ3) is 3.76. The predicted octanol–water partition coefficient (Wildman–Crippen LogP) is 1.72. The summed E-state index contributed by atoms with van der Waals surface area (Å²) in [4.78, 5) is 23.2. The molecule has 0 aromatic heterocycles. The first-order valence-corrected chi connectivity index (χ1v) is 6.00. The van der Waals surface area contributed by atoms with Crippen LogP contribution >= 0.6 is 0 Å². The molecule has 20 heavy (non-hydrogen) atoms. The summed E-state index contributed by atoms with van der Waals surface area (Å²) in [5, 5.41) is 0. The lowest BCUT2D eigenvalue weighted by Crippen LogP contribution is -2.35. The first-order chi connectivity index (χ1) is 9.48. The van der Waals surface area contributed by atoms with Gasteiger partial charge in [-0.25, -0.2) is 4.79 Å². The molecule has 0 aromatic rings. The molecule has 1 unspecified atom stereocenters. The number of esters is 1. The van der Waals surface area contributed by atoms with Gasteiger partial charge in [0.05, 0.1) is 13.7 Å². The van der Waals surface area contributed by atoms with Crippen LogP contribution in [-0.4, -0.2) is 38.4 Å². The van der Waals surface area contributed by atoms with Crippen LogP contribution in [0.1, 0.15) is 6.92 Å². The fraction of sp³-hybridized carbons (Fsp3) is 0.333. The number of methoxy groups -OCH3 is 2. The number of rotatable bonds is 6. The van der Waals surface area contributed by atoms with E-state index in [-0.39, 0.29) is 12.2 Å². The zero-order valence-corrected chi connectivity index (χ0v) is 11.8. The average Bonchev–Trinajstić information content (AvgIpc) is 2.46. The van der Waals surface area contributed by atoms with Crippen LogP contribution in [0.4, 0.5) is 0 Å². The number of hydrogen-bond acceptors (Lipinski definition) is 5. The molecule has 0 saturated carbocycles. The second kappa shape index (κ2) is 6.98. The first kappa shape index (κ1) is 16.1. The summed E-state index contributed by atoms with van der Waals surface area (Å²) in [6.07, 6.45) is 7.47. The van der Waals surface area contributed by atoms with Crippen LogP contribution < -0.4 is 0 Å². The minimum atomic E-state index is -1.26. The molecule has 5 nitrogen and oxygen atoms in total. The normalized spacial score (nSPS) is 22.4. The summed E-state index contributed by atoms with van der Waals surface area (Å²) in [7, 11) is 2.64. The van der Waals surface area contributed by atoms with E-state index in [9.17, 15) is 9.59 Å². The van der Waals surface area contributed by atoms with Gasteiger partial charge in [0.2, 0.25) is 5.79 Å². The van der Waals surface area contributed by atoms with Gasteiger partial charge in [0.15, 0.2) is 5.78 Å². The molecular weight excluding hydrogens is 260 g/mol. The summed E-state index contributed by atoms with van der Waals surface area (Å²) in [6.45, 7) is 5.73.